The van der Waals surface area contributed by atoms with Gasteiger partial charge in [0, 0.05) is 17.9 Å². The fraction of sp³-hybridized carbons (Fsp3) is 0.250. The van der Waals surface area contributed by atoms with E-state index in [4.69, 9.17) is 5.73 Å². The summed E-state index contributed by atoms with van der Waals surface area (Å²) >= 11 is 0. The van der Waals surface area contributed by atoms with Gasteiger partial charge in [-0.05, 0) is 42.7 Å². The first-order chi connectivity index (χ1) is 8.84. The minimum atomic E-state index is 0.468. The van der Waals surface area contributed by atoms with E-state index in [0.29, 0.717) is 6.04 Å². The van der Waals surface area contributed by atoms with Crippen molar-refractivity contribution in [2.24, 2.45) is 0 Å². The molecule has 0 bridgehead atoms. The molecular formula is C16H18N2. The van der Waals surface area contributed by atoms with Gasteiger partial charge in [-0.25, -0.2) is 0 Å². The topological polar surface area (TPSA) is 29.3 Å². The summed E-state index contributed by atoms with van der Waals surface area (Å²) in [7, 11) is 0. The normalized spacial score (nSPS) is 19.1. The van der Waals surface area contributed by atoms with Crippen LogP contribution >= 0.6 is 0 Å². The molecule has 1 heterocycles. The van der Waals surface area contributed by atoms with Crippen molar-refractivity contribution in [1.82, 2.24) is 0 Å². The van der Waals surface area contributed by atoms with Crippen LogP contribution in [0, 0.1) is 0 Å². The zero-order chi connectivity index (χ0) is 12.4. The van der Waals surface area contributed by atoms with Gasteiger partial charge in [0.05, 0.1) is 6.04 Å². The predicted molar refractivity (Wildman–Crippen MR) is 76.6 cm³/mol. The molecule has 1 fully saturated rings. The third kappa shape index (κ3) is 2.06. The van der Waals surface area contributed by atoms with Crippen LogP contribution < -0.4 is 10.6 Å². The van der Waals surface area contributed by atoms with E-state index in [1.54, 1.807) is 0 Å². The highest BCUT2D eigenvalue weighted by atomic mass is 15.2. The smallest absolute Gasteiger partial charge is 0.0543 e. The molecule has 0 spiro atoms. The molecule has 1 unspecified atom stereocenters. The highest BCUT2D eigenvalue weighted by molar-refractivity contribution is 5.51. The lowest BCUT2D eigenvalue weighted by Crippen LogP contribution is -2.22. The number of benzene rings is 2. The molecule has 2 aromatic rings. The van der Waals surface area contributed by atoms with Crippen LogP contribution in [0.15, 0.2) is 54.6 Å². The van der Waals surface area contributed by atoms with Gasteiger partial charge in [-0.3, -0.25) is 0 Å². The van der Waals surface area contributed by atoms with Gasteiger partial charge in [0.15, 0.2) is 0 Å². The second-order valence-corrected chi connectivity index (χ2v) is 4.86. The molecule has 2 N–H and O–H groups in total. The van der Waals surface area contributed by atoms with Crippen LogP contribution in [-0.4, -0.2) is 6.54 Å². The van der Waals surface area contributed by atoms with Crippen LogP contribution in [0.4, 0.5) is 11.4 Å². The SMILES string of the molecule is Nc1cccc(C2CCCN2c2ccccc2)c1. The van der Waals surface area contributed by atoms with E-state index in [1.165, 1.54) is 24.1 Å². The summed E-state index contributed by atoms with van der Waals surface area (Å²) in [5.41, 5.74) is 9.38. The lowest BCUT2D eigenvalue weighted by Gasteiger charge is -2.27. The molecule has 1 aliphatic rings. The van der Waals surface area contributed by atoms with E-state index in [9.17, 15) is 0 Å². The molecule has 92 valence electrons. The van der Waals surface area contributed by atoms with Crippen molar-refractivity contribution in [3.05, 3.63) is 60.2 Å². The Labute approximate surface area is 108 Å². The number of rotatable bonds is 2. The van der Waals surface area contributed by atoms with Crippen molar-refractivity contribution in [1.29, 1.82) is 0 Å². The van der Waals surface area contributed by atoms with Crippen molar-refractivity contribution >= 4 is 11.4 Å². The lowest BCUT2D eigenvalue weighted by molar-refractivity contribution is 0.720. The van der Waals surface area contributed by atoms with Crippen molar-refractivity contribution in [3.8, 4) is 0 Å². The monoisotopic (exact) mass is 238 g/mol. The summed E-state index contributed by atoms with van der Waals surface area (Å²) in [6.07, 6.45) is 2.45. The Morgan fingerprint density at radius 2 is 1.83 bits per heavy atom. The minimum absolute atomic E-state index is 0.468. The fourth-order valence-electron chi connectivity index (χ4n) is 2.81. The molecular weight excluding hydrogens is 220 g/mol. The zero-order valence-electron chi connectivity index (χ0n) is 10.4. The third-order valence-electron chi connectivity index (χ3n) is 3.64. The van der Waals surface area contributed by atoms with Crippen LogP contribution in [0.3, 0.4) is 0 Å². The second kappa shape index (κ2) is 4.73. The first kappa shape index (κ1) is 11.1. The molecule has 1 saturated heterocycles. The summed E-state index contributed by atoms with van der Waals surface area (Å²) in [6.45, 7) is 1.13. The highest BCUT2D eigenvalue weighted by Gasteiger charge is 2.25. The van der Waals surface area contributed by atoms with Gasteiger partial charge in [0.2, 0.25) is 0 Å². The first-order valence-corrected chi connectivity index (χ1v) is 6.52. The van der Waals surface area contributed by atoms with Crippen molar-refractivity contribution < 1.29 is 0 Å². The average molecular weight is 238 g/mol. The Kier molecular flexibility index (Phi) is 2.93. The third-order valence-corrected chi connectivity index (χ3v) is 3.64. The molecule has 18 heavy (non-hydrogen) atoms. The van der Waals surface area contributed by atoms with E-state index >= 15 is 0 Å². The summed E-state index contributed by atoms with van der Waals surface area (Å²) in [4.78, 5) is 2.48. The number of anilines is 2. The van der Waals surface area contributed by atoms with E-state index in [-0.39, 0.29) is 0 Å². The van der Waals surface area contributed by atoms with Crippen molar-refractivity contribution in [2.75, 3.05) is 17.2 Å². The summed E-state index contributed by atoms with van der Waals surface area (Å²) < 4.78 is 0. The Balaban J connectivity index is 1.92. The Morgan fingerprint density at radius 3 is 2.61 bits per heavy atom. The zero-order valence-corrected chi connectivity index (χ0v) is 10.4. The van der Waals surface area contributed by atoms with Crippen LogP contribution in [0.2, 0.25) is 0 Å². The molecule has 0 amide bonds. The summed E-state index contributed by atoms with van der Waals surface area (Å²) in [5.74, 6) is 0. The second-order valence-electron chi connectivity index (χ2n) is 4.86. The molecule has 3 rings (SSSR count). The number of nitrogens with two attached hydrogens (primary N) is 1. The van der Waals surface area contributed by atoms with Gasteiger partial charge < -0.3 is 10.6 Å². The summed E-state index contributed by atoms with van der Waals surface area (Å²) in [5, 5.41) is 0. The maximum absolute atomic E-state index is 5.89. The molecule has 2 heteroatoms. The van der Waals surface area contributed by atoms with E-state index in [2.05, 4.69) is 47.4 Å². The van der Waals surface area contributed by atoms with Gasteiger partial charge in [-0.1, -0.05) is 30.3 Å². The maximum atomic E-state index is 5.89. The van der Waals surface area contributed by atoms with E-state index < -0.39 is 0 Å². The van der Waals surface area contributed by atoms with Crippen LogP contribution in [0.5, 0.6) is 0 Å². The lowest BCUT2D eigenvalue weighted by atomic mass is 10.0. The average Bonchev–Trinajstić information content (AvgIpc) is 2.89. The molecule has 0 aliphatic carbocycles. The van der Waals surface area contributed by atoms with Gasteiger partial charge in [0.25, 0.3) is 0 Å². The summed E-state index contributed by atoms with van der Waals surface area (Å²) in [6, 6.07) is 19.4. The Hall–Kier alpha value is -1.96. The van der Waals surface area contributed by atoms with Gasteiger partial charge in [-0.2, -0.15) is 0 Å². The quantitative estimate of drug-likeness (QED) is 0.810. The molecule has 2 nitrogen and oxygen atoms in total. The fourth-order valence-corrected chi connectivity index (χ4v) is 2.81. The maximum Gasteiger partial charge on any atom is 0.0543 e. The Morgan fingerprint density at radius 1 is 1.00 bits per heavy atom. The number of para-hydroxylation sites is 1. The van der Waals surface area contributed by atoms with Crippen molar-refractivity contribution in [2.45, 2.75) is 18.9 Å². The molecule has 0 aromatic heterocycles. The van der Waals surface area contributed by atoms with Crippen LogP contribution in [-0.2, 0) is 0 Å². The standard InChI is InChI=1S/C16H18N2/c17-14-7-4-6-13(12-14)16-10-5-11-18(16)15-8-2-1-3-9-15/h1-4,6-9,12,16H,5,10-11,17H2. The first-order valence-electron chi connectivity index (χ1n) is 6.52. The molecule has 1 atom stereocenters. The Bertz CT molecular complexity index is 522. The molecule has 0 radical (unpaired) electrons. The molecule has 2 aromatic carbocycles. The van der Waals surface area contributed by atoms with E-state index in [1.807, 2.05) is 12.1 Å². The number of hydrogen-bond acceptors (Lipinski definition) is 2. The van der Waals surface area contributed by atoms with Crippen LogP contribution in [0.1, 0.15) is 24.4 Å². The minimum Gasteiger partial charge on any atom is -0.399 e. The van der Waals surface area contributed by atoms with Crippen LogP contribution in [0.25, 0.3) is 0 Å². The van der Waals surface area contributed by atoms with Gasteiger partial charge in [-0.15, -0.1) is 0 Å². The highest BCUT2D eigenvalue weighted by Crippen LogP contribution is 2.36. The largest absolute Gasteiger partial charge is 0.399 e. The number of nitrogen functional groups attached to an aromatic ring is 1. The number of hydrogen-bond donors (Lipinski definition) is 1. The molecule has 0 saturated carbocycles. The van der Waals surface area contributed by atoms with Gasteiger partial charge >= 0.3 is 0 Å². The predicted octanol–water partition coefficient (Wildman–Crippen LogP) is 3.61. The van der Waals surface area contributed by atoms with Crippen molar-refractivity contribution in [3.63, 3.8) is 0 Å². The van der Waals surface area contributed by atoms with E-state index in [0.717, 1.165) is 12.2 Å². The molecule has 1 aliphatic heterocycles. The van der Waals surface area contributed by atoms with Gasteiger partial charge in [0.1, 0.15) is 0 Å². The number of nitrogens with zero attached hydrogens (tertiary/aromatic N) is 1.